The summed E-state index contributed by atoms with van der Waals surface area (Å²) in [5.41, 5.74) is 1.23. The zero-order valence-corrected chi connectivity index (χ0v) is 14.4. The van der Waals surface area contributed by atoms with Crippen molar-refractivity contribution >= 4 is 29.5 Å². The average molecular weight is 332 g/mol. The van der Waals surface area contributed by atoms with Gasteiger partial charge in [0.2, 0.25) is 0 Å². The van der Waals surface area contributed by atoms with Crippen molar-refractivity contribution in [1.82, 2.24) is 4.90 Å². The molecule has 0 aromatic heterocycles. The SMILES string of the molecule is Cc1ccc(N2C(=O)C(=O)N(CC(=O)OC(C)(C)C)C2=O)c(C)c1. The zero-order valence-electron chi connectivity index (χ0n) is 14.4. The Morgan fingerprint density at radius 2 is 1.71 bits per heavy atom. The number of esters is 1. The summed E-state index contributed by atoms with van der Waals surface area (Å²) in [7, 11) is 0. The van der Waals surface area contributed by atoms with Crippen molar-refractivity contribution in [2.24, 2.45) is 0 Å². The lowest BCUT2D eigenvalue weighted by molar-refractivity contribution is -0.157. The van der Waals surface area contributed by atoms with Gasteiger partial charge < -0.3 is 4.74 Å². The van der Waals surface area contributed by atoms with Crippen LogP contribution in [0.5, 0.6) is 0 Å². The lowest BCUT2D eigenvalue weighted by Gasteiger charge is -2.21. The topological polar surface area (TPSA) is 84.0 Å². The molecule has 1 saturated heterocycles. The summed E-state index contributed by atoms with van der Waals surface area (Å²) in [6.07, 6.45) is 0. The molecule has 1 heterocycles. The van der Waals surface area contributed by atoms with Crippen molar-refractivity contribution < 1.29 is 23.9 Å². The van der Waals surface area contributed by atoms with Gasteiger partial charge in [-0.3, -0.25) is 14.4 Å². The molecule has 2 rings (SSSR count). The van der Waals surface area contributed by atoms with E-state index in [9.17, 15) is 19.2 Å². The first-order valence-electron chi connectivity index (χ1n) is 7.50. The molecule has 0 N–H and O–H groups in total. The number of nitrogens with zero attached hydrogens (tertiary/aromatic N) is 2. The van der Waals surface area contributed by atoms with Gasteiger partial charge in [0.1, 0.15) is 12.1 Å². The van der Waals surface area contributed by atoms with Crippen LogP contribution in [0.25, 0.3) is 0 Å². The minimum absolute atomic E-state index is 0.329. The summed E-state index contributed by atoms with van der Waals surface area (Å²) in [4.78, 5) is 50.0. The van der Waals surface area contributed by atoms with Crippen LogP contribution >= 0.6 is 0 Å². The van der Waals surface area contributed by atoms with Crippen molar-refractivity contribution in [3.8, 4) is 0 Å². The molecule has 1 aromatic carbocycles. The smallest absolute Gasteiger partial charge is 0.339 e. The molecule has 24 heavy (non-hydrogen) atoms. The molecule has 0 atom stereocenters. The molecule has 1 aliphatic heterocycles. The molecule has 0 spiro atoms. The van der Waals surface area contributed by atoms with Gasteiger partial charge in [0.05, 0.1) is 5.69 Å². The highest BCUT2D eigenvalue weighted by molar-refractivity contribution is 6.53. The molecular formula is C17H20N2O5. The number of amides is 4. The van der Waals surface area contributed by atoms with Crippen LogP contribution in [0.1, 0.15) is 31.9 Å². The standard InChI is InChI=1S/C17H20N2O5/c1-10-6-7-12(11(2)8-10)19-15(22)14(21)18(16(19)23)9-13(20)24-17(3,4)5/h6-8H,9H2,1-5H3. The molecular weight excluding hydrogens is 312 g/mol. The van der Waals surface area contributed by atoms with Crippen molar-refractivity contribution in [2.75, 3.05) is 11.4 Å². The first-order valence-corrected chi connectivity index (χ1v) is 7.50. The maximum atomic E-state index is 12.5. The van der Waals surface area contributed by atoms with Crippen LogP contribution in [-0.4, -0.2) is 40.9 Å². The van der Waals surface area contributed by atoms with Gasteiger partial charge >= 0.3 is 23.8 Å². The zero-order chi connectivity index (χ0) is 18.2. The molecule has 0 aliphatic carbocycles. The van der Waals surface area contributed by atoms with E-state index >= 15 is 0 Å². The summed E-state index contributed by atoms with van der Waals surface area (Å²) >= 11 is 0. The van der Waals surface area contributed by atoms with Crippen molar-refractivity contribution in [3.05, 3.63) is 29.3 Å². The van der Waals surface area contributed by atoms with Gasteiger partial charge in [-0.2, -0.15) is 0 Å². The number of ether oxygens (including phenoxy) is 1. The molecule has 4 amide bonds. The van der Waals surface area contributed by atoms with Crippen LogP contribution in [0.4, 0.5) is 10.5 Å². The fourth-order valence-electron chi connectivity index (χ4n) is 2.42. The number of anilines is 1. The van der Waals surface area contributed by atoms with Crippen LogP contribution in [0, 0.1) is 13.8 Å². The van der Waals surface area contributed by atoms with Crippen molar-refractivity contribution in [2.45, 2.75) is 40.2 Å². The molecule has 1 fully saturated rings. The fourth-order valence-corrected chi connectivity index (χ4v) is 2.42. The second-order valence-electron chi connectivity index (χ2n) is 6.69. The minimum Gasteiger partial charge on any atom is -0.459 e. The van der Waals surface area contributed by atoms with Crippen LogP contribution in [0.15, 0.2) is 18.2 Å². The Labute approximate surface area is 140 Å². The molecule has 0 radical (unpaired) electrons. The number of carbonyl (C=O) groups excluding carboxylic acids is 4. The van der Waals surface area contributed by atoms with E-state index in [0.29, 0.717) is 16.2 Å². The van der Waals surface area contributed by atoms with E-state index in [2.05, 4.69) is 0 Å². The number of imide groups is 2. The highest BCUT2D eigenvalue weighted by Crippen LogP contribution is 2.26. The predicted molar refractivity (Wildman–Crippen MR) is 86.4 cm³/mol. The summed E-state index contributed by atoms with van der Waals surface area (Å²) in [5.74, 6) is -2.76. The second kappa shape index (κ2) is 6.07. The average Bonchev–Trinajstić information content (AvgIpc) is 2.62. The summed E-state index contributed by atoms with van der Waals surface area (Å²) in [6, 6.07) is 4.30. The lowest BCUT2D eigenvalue weighted by Crippen LogP contribution is -2.39. The molecule has 7 heteroatoms. The molecule has 1 aliphatic rings. The molecule has 0 unspecified atom stereocenters. The summed E-state index contributed by atoms with van der Waals surface area (Å²) in [6.45, 7) is 8.04. The molecule has 0 saturated carbocycles. The van der Waals surface area contributed by atoms with Gasteiger partial charge in [0.15, 0.2) is 0 Å². The molecule has 0 bridgehead atoms. The minimum atomic E-state index is -1.04. The number of hydrogen-bond donors (Lipinski definition) is 0. The third-order valence-corrected chi connectivity index (χ3v) is 3.35. The number of benzene rings is 1. The van der Waals surface area contributed by atoms with Crippen LogP contribution < -0.4 is 4.90 Å². The summed E-state index contributed by atoms with van der Waals surface area (Å²) < 4.78 is 5.10. The highest BCUT2D eigenvalue weighted by atomic mass is 16.6. The van der Waals surface area contributed by atoms with Gasteiger partial charge in [0, 0.05) is 0 Å². The Kier molecular flexibility index (Phi) is 4.46. The highest BCUT2D eigenvalue weighted by Gasteiger charge is 2.46. The Hall–Kier alpha value is -2.70. The van der Waals surface area contributed by atoms with Crippen molar-refractivity contribution in [1.29, 1.82) is 0 Å². The van der Waals surface area contributed by atoms with E-state index in [1.165, 1.54) is 0 Å². The van der Waals surface area contributed by atoms with Crippen LogP contribution in [0.2, 0.25) is 0 Å². The van der Waals surface area contributed by atoms with Crippen molar-refractivity contribution in [3.63, 3.8) is 0 Å². The molecule has 1 aromatic rings. The van der Waals surface area contributed by atoms with Gasteiger partial charge in [-0.25, -0.2) is 14.6 Å². The Morgan fingerprint density at radius 1 is 1.08 bits per heavy atom. The van der Waals surface area contributed by atoms with Gasteiger partial charge in [0.25, 0.3) is 0 Å². The maximum Gasteiger partial charge on any atom is 0.339 e. The van der Waals surface area contributed by atoms with Crippen LogP contribution in [0.3, 0.4) is 0 Å². The Morgan fingerprint density at radius 3 is 2.25 bits per heavy atom. The number of rotatable bonds is 3. The quantitative estimate of drug-likeness (QED) is 0.480. The Balaban J connectivity index is 2.26. The van der Waals surface area contributed by atoms with Gasteiger partial charge in [-0.05, 0) is 46.2 Å². The second-order valence-corrected chi connectivity index (χ2v) is 6.69. The maximum absolute atomic E-state index is 12.5. The predicted octanol–water partition coefficient (Wildman–Crippen LogP) is 1.94. The lowest BCUT2D eigenvalue weighted by atomic mass is 10.1. The van der Waals surface area contributed by atoms with E-state index in [0.717, 1.165) is 10.5 Å². The van der Waals surface area contributed by atoms with E-state index in [4.69, 9.17) is 4.74 Å². The van der Waals surface area contributed by atoms with Gasteiger partial charge in [-0.1, -0.05) is 17.7 Å². The first-order chi connectivity index (χ1) is 11.0. The normalized spacial score (nSPS) is 15.3. The molecule has 7 nitrogen and oxygen atoms in total. The number of urea groups is 1. The van der Waals surface area contributed by atoms with E-state index < -0.39 is 36.0 Å². The molecule has 128 valence electrons. The Bertz CT molecular complexity index is 733. The summed E-state index contributed by atoms with van der Waals surface area (Å²) in [5, 5.41) is 0. The number of hydrogen-bond acceptors (Lipinski definition) is 5. The third-order valence-electron chi connectivity index (χ3n) is 3.35. The van der Waals surface area contributed by atoms with Gasteiger partial charge in [-0.15, -0.1) is 0 Å². The first kappa shape index (κ1) is 17.7. The largest absolute Gasteiger partial charge is 0.459 e. The van der Waals surface area contributed by atoms with Crippen LogP contribution in [-0.2, 0) is 19.1 Å². The fraction of sp³-hybridized carbons (Fsp3) is 0.412. The third kappa shape index (κ3) is 3.45. The number of aryl methyl sites for hydroxylation is 2. The van der Waals surface area contributed by atoms with E-state index in [-0.39, 0.29) is 0 Å². The van der Waals surface area contributed by atoms with E-state index in [1.807, 2.05) is 6.92 Å². The van der Waals surface area contributed by atoms with E-state index in [1.54, 1.807) is 45.9 Å². The number of carbonyl (C=O) groups is 4. The monoisotopic (exact) mass is 332 g/mol.